The van der Waals surface area contributed by atoms with E-state index in [1.807, 2.05) is 50.2 Å². The normalized spacial score (nSPS) is 11.4. The Balaban J connectivity index is 1.60. The van der Waals surface area contributed by atoms with Crippen LogP contribution >= 0.6 is 0 Å². The molecule has 3 aromatic carbocycles. The van der Waals surface area contributed by atoms with Crippen LogP contribution < -0.4 is 4.72 Å². The monoisotopic (exact) mass is 474 g/mol. The summed E-state index contributed by atoms with van der Waals surface area (Å²) in [6, 6.07) is 19.4. The Kier molecular flexibility index (Phi) is 6.34. The number of nitrogens with one attached hydrogen (secondary N) is 1. The van der Waals surface area contributed by atoms with Gasteiger partial charge in [-0.3, -0.25) is 9.52 Å². The lowest BCUT2D eigenvalue weighted by atomic mass is 10.1. The maximum Gasteiger partial charge on any atom is 0.261 e. The number of carbonyl (C=O) groups is 1. The molecule has 0 atom stereocenters. The van der Waals surface area contributed by atoms with Crippen LogP contribution in [0.1, 0.15) is 33.0 Å². The van der Waals surface area contributed by atoms with E-state index in [9.17, 15) is 13.2 Å². The fraction of sp³-hybridized carbons (Fsp3) is 0.192. The summed E-state index contributed by atoms with van der Waals surface area (Å²) in [4.78, 5) is 23.9. The third-order valence-corrected chi connectivity index (χ3v) is 7.07. The van der Waals surface area contributed by atoms with Gasteiger partial charge in [-0.1, -0.05) is 42.5 Å². The summed E-state index contributed by atoms with van der Waals surface area (Å²) in [5, 5.41) is 0.968. The van der Waals surface area contributed by atoms with Crippen molar-refractivity contribution in [3.8, 4) is 0 Å². The first-order valence-electron chi connectivity index (χ1n) is 10.8. The molecule has 0 spiro atoms. The molecule has 1 N–H and O–H groups in total. The molecule has 0 radical (unpaired) electrons. The van der Waals surface area contributed by atoms with Crippen molar-refractivity contribution in [2.24, 2.45) is 0 Å². The van der Waals surface area contributed by atoms with Crippen molar-refractivity contribution >= 4 is 32.5 Å². The third-order valence-electron chi connectivity index (χ3n) is 5.70. The summed E-state index contributed by atoms with van der Waals surface area (Å²) in [5.41, 5.74) is 3.96. The topological polar surface area (TPSA) is 92.3 Å². The van der Waals surface area contributed by atoms with Crippen molar-refractivity contribution < 1.29 is 13.2 Å². The van der Waals surface area contributed by atoms with E-state index in [0.717, 1.165) is 22.2 Å². The largest absolute Gasteiger partial charge is 0.334 e. The number of anilines is 1. The maximum absolute atomic E-state index is 13.3. The molecule has 0 bridgehead atoms. The second kappa shape index (κ2) is 9.23. The molecular weight excluding hydrogens is 448 g/mol. The van der Waals surface area contributed by atoms with Crippen LogP contribution in [-0.4, -0.2) is 36.2 Å². The predicted molar refractivity (Wildman–Crippen MR) is 133 cm³/mol. The van der Waals surface area contributed by atoms with Crippen molar-refractivity contribution in [3.05, 3.63) is 94.9 Å². The zero-order valence-corrected chi connectivity index (χ0v) is 20.3. The summed E-state index contributed by atoms with van der Waals surface area (Å²) in [6.07, 6.45) is 0. The first-order valence-corrected chi connectivity index (χ1v) is 12.3. The molecule has 0 saturated carbocycles. The number of rotatable bonds is 6. The number of nitrogens with zero attached hydrogens (tertiary/aromatic N) is 3. The summed E-state index contributed by atoms with van der Waals surface area (Å²) >= 11 is 0. The molecule has 1 amide bonds. The first kappa shape index (κ1) is 23.4. The van der Waals surface area contributed by atoms with Crippen LogP contribution in [0.5, 0.6) is 0 Å². The second-order valence-corrected chi connectivity index (χ2v) is 9.98. The third kappa shape index (κ3) is 4.77. The van der Waals surface area contributed by atoms with Gasteiger partial charge in [-0.2, -0.15) is 0 Å². The van der Waals surface area contributed by atoms with E-state index in [-0.39, 0.29) is 17.3 Å². The molecule has 0 saturated heterocycles. The van der Waals surface area contributed by atoms with Crippen molar-refractivity contribution in [2.45, 2.75) is 32.2 Å². The van der Waals surface area contributed by atoms with E-state index < -0.39 is 10.0 Å². The van der Waals surface area contributed by atoms with E-state index in [4.69, 9.17) is 0 Å². The van der Waals surface area contributed by atoms with Gasteiger partial charge in [0.1, 0.15) is 5.82 Å². The van der Waals surface area contributed by atoms with E-state index >= 15 is 0 Å². The van der Waals surface area contributed by atoms with Gasteiger partial charge in [-0.15, -0.1) is 0 Å². The van der Waals surface area contributed by atoms with Gasteiger partial charge >= 0.3 is 0 Å². The minimum absolute atomic E-state index is 0.0240. The van der Waals surface area contributed by atoms with Gasteiger partial charge in [0.25, 0.3) is 15.9 Å². The molecule has 34 heavy (non-hydrogen) atoms. The number of para-hydroxylation sites is 2. The minimum atomic E-state index is -3.87. The van der Waals surface area contributed by atoms with Crippen molar-refractivity contribution in [1.82, 2.24) is 14.9 Å². The van der Waals surface area contributed by atoms with Gasteiger partial charge < -0.3 is 4.90 Å². The highest BCUT2D eigenvalue weighted by Crippen LogP contribution is 2.23. The lowest BCUT2D eigenvalue weighted by Crippen LogP contribution is -2.28. The smallest absolute Gasteiger partial charge is 0.261 e. The van der Waals surface area contributed by atoms with Gasteiger partial charge in [-0.25, -0.2) is 18.4 Å². The number of fused-ring (bicyclic) bond motifs is 1. The molecule has 7 nitrogen and oxygen atoms in total. The maximum atomic E-state index is 13.3. The van der Waals surface area contributed by atoms with Crippen LogP contribution in [0.25, 0.3) is 10.9 Å². The number of aryl methyl sites for hydroxylation is 3. The fourth-order valence-electron chi connectivity index (χ4n) is 3.74. The van der Waals surface area contributed by atoms with E-state index in [0.29, 0.717) is 22.6 Å². The van der Waals surface area contributed by atoms with E-state index in [2.05, 4.69) is 14.7 Å². The standard InChI is InChI=1S/C26H26N4O3S/c1-17-13-14-20(34(32,33)29-23-11-7-5-9-18(23)2)15-22(17)26(31)30(4)16-25-27-19(3)21-10-6-8-12-24(21)28-25/h5-15,29H,16H2,1-4H3. The lowest BCUT2D eigenvalue weighted by Gasteiger charge is -2.19. The van der Waals surface area contributed by atoms with Crippen LogP contribution in [0.3, 0.4) is 0 Å². The van der Waals surface area contributed by atoms with E-state index in [1.165, 1.54) is 17.0 Å². The Morgan fingerprint density at radius 3 is 2.38 bits per heavy atom. The first-order chi connectivity index (χ1) is 16.2. The number of carbonyl (C=O) groups excluding carboxylic acids is 1. The average molecular weight is 475 g/mol. The zero-order chi connectivity index (χ0) is 24.5. The number of benzene rings is 3. The van der Waals surface area contributed by atoms with Crippen LogP contribution in [0.2, 0.25) is 0 Å². The molecule has 8 heteroatoms. The Morgan fingerprint density at radius 2 is 1.62 bits per heavy atom. The number of sulfonamides is 1. The predicted octanol–water partition coefficient (Wildman–Crippen LogP) is 4.63. The summed E-state index contributed by atoms with van der Waals surface area (Å²) < 4.78 is 28.6. The molecule has 1 heterocycles. The van der Waals surface area contributed by atoms with Gasteiger partial charge in [0.05, 0.1) is 22.6 Å². The van der Waals surface area contributed by atoms with Crippen LogP contribution in [0.4, 0.5) is 5.69 Å². The zero-order valence-electron chi connectivity index (χ0n) is 19.5. The van der Waals surface area contributed by atoms with Gasteiger partial charge in [0.2, 0.25) is 0 Å². The molecule has 0 aliphatic carbocycles. The van der Waals surface area contributed by atoms with Gasteiger partial charge in [-0.05, 0) is 56.2 Å². The van der Waals surface area contributed by atoms with Crippen LogP contribution in [0.15, 0.2) is 71.6 Å². The summed E-state index contributed by atoms with van der Waals surface area (Å²) in [7, 11) is -2.21. The number of amides is 1. The average Bonchev–Trinajstić information content (AvgIpc) is 2.80. The molecule has 174 valence electrons. The molecular formula is C26H26N4O3S. The van der Waals surface area contributed by atoms with E-state index in [1.54, 1.807) is 32.2 Å². The molecule has 4 rings (SSSR count). The Labute approximate surface area is 199 Å². The Bertz CT molecular complexity index is 1500. The summed E-state index contributed by atoms with van der Waals surface area (Å²) in [6.45, 7) is 5.72. The lowest BCUT2D eigenvalue weighted by molar-refractivity contribution is 0.0780. The quantitative estimate of drug-likeness (QED) is 0.440. The Morgan fingerprint density at radius 1 is 0.912 bits per heavy atom. The molecule has 0 unspecified atom stereocenters. The van der Waals surface area contributed by atoms with Crippen molar-refractivity contribution in [3.63, 3.8) is 0 Å². The highest BCUT2D eigenvalue weighted by Gasteiger charge is 2.21. The summed E-state index contributed by atoms with van der Waals surface area (Å²) in [5.74, 6) is 0.217. The minimum Gasteiger partial charge on any atom is -0.334 e. The van der Waals surface area contributed by atoms with Crippen molar-refractivity contribution in [2.75, 3.05) is 11.8 Å². The Hall–Kier alpha value is -3.78. The van der Waals surface area contributed by atoms with Crippen LogP contribution in [0, 0.1) is 20.8 Å². The molecule has 0 aliphatic heterocycles. The number of aromatic nitrogens is 2. The number of hydrogen-bond acceptors (Lipinski definition) is 5. The highest BCUT2D eigenvalue weighted by molar-refractivity contribution is 7.92. The fourth-order valence-corrected chi connectivity index (χ4v) is 4.90. The molecule has 1 aromatic heterocycles. The highest BCUT2D eigenvalue weighted by atomic mass is 32.2. The SMILES string of the molecule is Cc1ccccc1NS(=O)(=O)c1ccc(C)c(C(=O)N(C)Cc2nc(C)c3ccccc3n2)c1. The van der Waals surface area contributed by atoms with Gasteiger partial charge in [0.15, 0.2) is 0 Å². The number of hydrogen-bond donors (Lipinski definition) is 1. The van der Waals surface area contributed by atoms with Crippen LogP contribution in [-0.2, 0) is 16.6 Å². The van der Waals surface area contributed by atoms with Gasteiger partial charge in [0, 0.05) is 23.7 Å². The second-order valence-electron chi connectivity index (χ2n) is 8.30. The molecule has 4 aromatic rings. The van der Waals surface area contributed by atoms with Crippen molar-refractivity contribution in [1.29, 1.82) is 0 Å². The molecule has 0 fully saturated rings. The molecule has 0 aliphatic rings.